The predicted octanol–water partition coefficient (Wildman–Crippen LogP) is 12.3. The minimum absolute atomic E-state index is 1.07. The fraction of sp³-hybridized carbons (Fsp3) is 0. The molecule has 0 nitrogen and oxygen atoms in total. The first-order valence-electron chi connectivity index (χ1n) is 12.7. The topological polar surface area (TPSA) is 0 Å². The van der Waals surface area contributed by atoms with Gasteiger partial charge in [0.2, 0.25) is 0 Å². The first-order chi connectivity index (χ1) is 19.1. The van der Waals surface area contributed by atoms with Crippen LogP contribution in [0.25, 0.3) is 55.6 Å². The van der Waals surface area contributed by atoms with Crippen molar-refractivity contribution in [2.24, 2.45) is 0 Å². The van der Waals surface area contributed by atoms with Crippen LogP contribution in [0.4, 0.5) is 0 Å². The van der Waals surface area contributed by atoms with Gasteiger partial charge in [-0.3, -0.25) is 0 Å². The summed E-state index contributed by atoms with van der Waals surface area (Å²) in [5.74, 6) is 0. The number of hydrogen-bond donors (Lipinski definition) is 0. The Labute approximate surface area is 254 Å². The van der Waals surface area contributed by atoms with Crippen LogP contribution < -0.4 is 0 Å². The van der Waals surface area contributed by atoms with Crippen molar-refractivity contribution in [3.05, 3.63) is 153 Å². The maximum absolute atomic E-state index is 3.89. The molecule has 0 atom stereocenters. The zero-order valence-corrected chi connectivity index (χ0v) is 25.7. The number of halogens is 3. The van der Waals surface area contributed by atoms with E-state index in [1.807, 2.05) is 12.1 Å². The van der Waals surface area contributed by atoms with Crippen molar-refractivity contribution in [1.82, 2.24) is 0 Å². The largest absolute Gasteiger partial charge is 0.0622 e. The molecule has 0 heterocycles. The molecular weight excluding hydrogens is 672 g/mol. The molecule has 39 heavy (non-hydrogen) atoms. The first-order valence-corrected chi connectivity index (χ1v) is 15.1. The van der Waals surface area contributed by atoms with Crippen LogP contribution in [0.2, 0.25) is 0 Å². The van der Waals surface area contributed by atoms with Crippen LogP contribution in [0.15, 0.2) is 153 Å². The lowest BCUT2D eigenvalue weighted by molar-refractivity contribution is 1.52. The van der Waals surface area contributed by atoms with Gasteiger partial charge in [0.15, 0.2) is 0 Å². The molecule has 0 saturated heterocycles. The van der Waals surface area contributed by atoms with Crippen LogP contribution >= 0.6 is 47.8 Å². The molecule has 0 aromatic heterocycles. The highest BCUT2D eigenvalue weighted by atomic mass is 79.9. The Hall–Kier alpha value is -3.24. The van der Waals surface area contributed by atoms with E-state index in [4.69, 9.17) is 0 Å². The molecule has 0 fully saturated rings. The average molecular weight is 695 g/mol. The molecule has 188 valence electrons. The molecule has 0 N–H and O–H groups in total. The third kappa shape index (κ3) is 5.58. The zero-order valence-electron chi connectivity index (χ0n) is 20.9. The van der Waals surface area contributed by atoms with Gasteiger partial charge in [-0.15, -0.1) is 0 Å². The Bertz CT molecular complexity index is 1670. The highest BCUT2D eigenvalue weighted by Crippen LogP contribution is 2.41. The lowest BCUT2D eigenvalue weighted by Gasteiger charge is -2.15. The molecule has 6 aromatic carbocycles. The van der Waals surface area contributed by atoms with Gasteiger partial charge in [-0.1, -0.05) is 151 Å². The van der Waals surface area contributed by atoms with Gasteiger partial charge in [-0.25, -0.2) is 0 Å². The fourth-order valence-electron chi connectivity index (χ4n) is 4.91. The van der Waals surface area contributed by atoms with E-state index in [1.54, 1.807) is 0 Å². The van der Waals surface area contributed by atoms with E-state index in [-0.39, 0.29) is 0 Å². The summed E-state index contributed by atoms with van der Waals surface area (Å²) in [5, 5.41) is 0. The summed E-state index contributed by atoms with van der Waals surface area (Å²) in [5.41, 5.74) is 11.7. The zero-order chi connectivity index (χ0) is 26.8. The van der Waals surface area contributed by atoms with Gasteiger partial charge in [0, 0.05) is 13.4 Å². The SMILES string of the molecule is Brc1ccccc1-c1cc(-c2ccc(-c3ccccc3)cc2Br)cc(-c2ccc(-c3ccccc3)cc2Br)c1. The van der Waals surface area contributed by atoms with Gasteiger partial charge in [0.1, 0.15) is 0 Å². The molecule has 6 aromatic rings. The van der Waals surface area contributed by atoms with Crippen LogP contribution in [0, 0.1) is 0 Å². The molecule has 0 saturated carbocycles. The quantitative estimate of drug-likeness (QED) is 0.168. The van der Waals surface area contributed by atoms with Gasteiger partial charge in [-0.2, -0.15) is 0 Å². The Balaban J connectivity index is 1.49. The second-order valence-corrected chi connectivity index (χ2v) is 12.0. The third-order valence-corrected chi connectivity index (χ3v) is 8.90. The van der Waals surface area contributed by atoms with Crippen molar-refractivity contribution >= 4 is 47.8 Å². The van der Waals surface area contributed by atoms with Gasteiger partial charge in [-0.05, 0) is 92.0 Å². The van der Waals surface area contributed by atoms with Gasteiger partial charge < -0.3 is 0 Å². The van der Waals surface area contributed by atoms with Gasteiger partial charge >= 0.3 is 0 Å². The predicted molar refractivity (Wildman–Crippen MR) is 177 cm³/mol. The highest BCUT2D eigenvalue weighted by Gasteiger charge is 2.14. The Kier molecular flexibility index (Phi) is 7.65. The van der Waals surface area contributed by atoms with E-state index in [1.165, 1.54) is 22.3 Å². The maximum Gasteiger partial charge on any atom is 0.0259 e. The molecule has 3 heteroatoms. The van der Waals surface area contributed by atoms with E-state index in [0.29, 0.717) is 0 Å². The van der Waals surface area contributed by atoms with Crippen molar-refractivity contribution < 1.29 is 0 Å². The van der Waals surface area contributed by atoms with E-state index in [2.05, 4.69) is 175 Å². The molecule has 0 aliphatic heterocycles. The molecule has 0 aliphatic rings. The maximum atomic E-state index is 3.89. The Morgan fingerprint density at radius 1 is 0.256 bits per heavy atom. The van der Waals surface area contributed by atoms with Crippen LogP contribution in [0.5, 0.6) is 0 Å². The minimum atomic E-state index is 1.07. The highest BCUT2D eigenvalue weighted by molar-refractivity contribution is 9.11. The van der Waals surface area contributed by atoms with Crippen LogP contribution in [0.3, 0.4) is 0 Å². The van der Waals surface area contributed by atoms with E-state index in [0.717, 1.165) is 46.8 Å². The summed E-state index contributed by atoms with van der Waals surface area (Å²) >= 11 is 11.6. The van der Waals surface area contributed by atoms with E-state index in [9.17, 15) is 0 Å². The number of benzene rings is 6. The standard InChI is InChI=1S/C36H23Br3/c37-34-14-8-7-13-31(34)28-19-29(32-17-15-26(22-35(32)38)24-9-3-1-4-10-24)21-30(20-28)33-18-16-27(23-36(33)39)25-11-5-2-6-12-25/h1-23H. The van der Waals surface area contributed by atoms with Crippen molar-refractivity contribution in [2.45, 2.75) is 0 Å². The Morgan fingerprint density at radius 3 is 1.05 bits per heavy atom. The second kappa shape index (κ2) is 11.5. The van der Waals surface area contributed by atoms with E-state index < -0.39 is 0 Å². The molecule has 0 amide bonds. The summed E-state index contributed by atoms with van der Waals surface area (Å²) in [4.78, 5) is 0. The summed E-state index contributed by atoms with van der Waals surface area (Å²) in [6, 6.07) is 49.4. The van der Waals surface area contributed by atoms with Crippen LogP contribution in [-0.4, -0.2) is 0 Å². The minimum Gasteiger partial charge on any atom is -0.0622 e. The lowest BCUT2D eigenvalue weighted by atomic mass is 9.92. The fourth-order valence-corrected chi connectivity index (χ4v) is 6.64. The smallest absolute Gasteiger partial charge is 0.0259 e. The van der Waals surface area contributed by atoms with Crippen molar-refractivity contribution in [3.8, 4) is 55.6 Å². The second-order valence-electron chi connectivity index (χ2n) is 9.40. The lowest BCUT2D eigenvalue weighted by Crippen LogP contribution is -1.89. The third-order valence-electron chi connectivity index (χ3n) is 6.89. The normalized spacial score (nSPS) is 10.9. The summed E-state index contributed by atoms with van der Waals surface area (Å²) in [6.45, 7) is 0. The van der Waals surface area contributed by atoms with Gasteiger partial charge in [0.25, 0.3) is 0 Å². The van der Waals surface area contributed by atoms with Crippen LogP contribution in [-0.2, 0) is 0 Å². The summed E-state index contributed by atoms with van der Waals surface area (Å²) < 4.78 is 3.21. The number of hydrogen-bond acceptors (Lipinski definition) is 0. The van der Waals surface area contributed by atoms with Crippen molar-refractivity contribution in [3.63, 3.8) is 0 Å². The molecule has 0 aliphatic carbocycles. The number of rotatable bonds is 5. The first kappa shape index (κ1) is 26.0. The summed E-state index contributed by atoms with van der Waals surface area (Å²) in [7, 11) is 0. The monoisotopic (exact) mass is 692 g/mol. The molecule has 0 spiro atoms. The molecule has 0 bridgehead atoms. The Morgan fingerprint density at radius 2 is 0.641 bits per heavy atom. The molecular formula is C36H23Br3. The van der Waals surface area contributed by atoms with E-state index >= 15 is 0 Å². The van der Waals surface area contributed by atoms with Crippen LogP contribution in [0.1, 0.15) is 0 Å². The summed E-state index contributed by atoms with van der Waals surface area (Å²) in [6.07, 6.45) is 0. The van der Waals surface area contributed by atoms with Crippen molar-refractivity contribution in [2.75, 3.05) is 0 Å². The van der Waals surface area contributed by atoms with Crippen molar-refractivity contribution in [1.29, 1.82) is 0 Å². The molecule has 6 rings (SSSR count). The van der Waals surface area contributed by atoms with Gasteiger partial charge in [0.05, 0.1) is 0 Å². The molecule has 0 radical (unpaired) electrons. The average Bonchev–Trinajstić information content (AvgIpc) is 2.98. The molecule has 0 unspecified atom stereocenters.